The maximum absolute atomic E-state index is 13.3. The van der Waals surface area contributed by atoms with Crippen molar-refractivity contribution < 1.29 is 34.0 Å². The van der Waals surface area contributed by atoms with E-state index in [1.807, 2.05) is 13.8 Å². The van der Waals surface area contributed by atoms with Crippen molar-refractivity contribution in [1.82, 2.24) is 9.80 Å². The number of rotatable bonds is 8. The minimum absolute atomic E-state index is 0.0431. The molecule has 2 aromatic carbocycles. The smallest absolute Gasteiger partial charge is 0.295 e. The molecule has 2 N–H and O–H groups in total. The first-order valence-electron chi connectivity index (χ1n) is 12.0. The largest absolute Gasteiger partial charge is 0.507 e. The maximum atomic E-state index is 13.3. The molecule has 0 aromatic heterocycles. The number of amides is 1. The maximum Gasteiger partial charge on any atom is 0.295 e. The van der Waals surface area contributed by atoms with Gasteiger partial charge in [0.25, 0.3) is 11.7 Å². The van der Waals surface area contributed by atoms with Crippen molar-refractivity contribution in [2.45, 2.75) is 26.0 Å². The summed E-state index contributed by atoms with van der Waals surface area (Å²) in [5, 5.41) is 21.8. The second-order valence-electron chi connectivity index (χ2n) is 9.07. The van der Waals surface area contributed by atoms with Crippen LogP contribution < -0.4 is 9.47 Å². The molecule has 0 aliphatic carbocycles. The fourth-order valence-electron chi connectivity index (χ4n) is 4.54. The van der Waals surface area contributed by atoms with E-state index in [0.717, 1.165) is 13.1 Å². The highest BCUT2D eigenvalue weighted by Crippen LogP contribution is 2.42. The van der Waals surface area contributed by atoms with Gasteiger partial charge >= 0.3 is 0 Å². The van der Waals surface area contributed by atoms with Crippen molar-refractivity contribution in [3.8, 4) is 17.2 Å². The molecular weight excluding hydrogens is 464 g/mol. The van der Waals surface area contributed by atoms with Gasteiger partial charge in [0, 0.05) is 32.2 Å². The molecule has 0 spiro atoms. The van der Waals surface area contributed by atoms with E-state index < -0.39 is 23.5 Å². The van der Waals surface area contributed by atoms with E-state index in [2.05, 4.69) is 4.90 Å². The average molecular weight is 497 g/mol. The number of hydrogen-bond acceptors (Lipinski definition) is 8. The van der Waals surface area contributed by atoms with E-state index in [0.29, 0.717) is 36.8 Å². The zero-order chi connectivity index (χ0) is 25.8. The van der Waals surface area contributed by atoms with Crippen LogP contribution in [0, 0.1) is 0 Å². The number of aliphatic hydroxyl groups is 1. The molecule has 2 heterocycles. The molecule has 0 radical (unpaired) electrons. The Hall–Kier alpha value is -3.56. The lowest BCUT2D eigenvalue weighted by Gasteiger charge is -2.31. The number of carbonyl (C=O) groups is 2. The van der Waals surface area contributed by atoms with Crippen molar-refractivity contribution in [3.63, 3.8) is 0 Å². The highest BCUT2D eigenvalue weighted by Gasteiger charge is 2.46. The highest BCUT2D eigenvalue weighted by molar-refractivity contribution is 6.46. The van der Waals surface area contributed by atoms with Gasteiger partial charge in [-0.3, -0.25) is 14.5 Å². The van der Waals surface area contributed by atoms with Gasteiger partial charge in [0.15, 0.2) is 0 Å². The van der Waals surface area contributed by atoms with Crippen LogP contribution in [0.3, 0.4) is 0 Å². The molecule has 36 heavy (non-hydrogen) atoms. The van der Waals surface area contributed by atoms with Gasteiger partial charge in [-0.2, -0.15) is 0 Å². The van der Waals surface area contributed by atoms with Crippen LogP contribution in [0.2, 0.25) is 0 Å². The molecule has 2 fully saturated rings. The predicted octanol–water partition coefficient (Wildman–Crippen LogP) is 2.94. The Morgan fingerprint density at radius 3 is 2.50 bits per heavy atom. The van der Waals surface area contributed by atoms with E-state index in [-0.39, 0.29) is 29.5 Å². The Morgan fingerprint density at radius 1 is 1.08 bits per heavy atom. The van der Waals surface area contributed by atoms with Crippen molar-refractivity contribution in [2.75, 3.05) is 46.5 Å². The van der Waals surface area contributed by atoms with Crippen molar-refractivity contribution in [3.05, 3.63) is 59.2 Å². The van der Waals surface area contributed by atoms with Gasteiger partial charge < -0.3 is 29.3 Å². The van der Waals surface area contributed by atoms with Crippen LogP contribution in [0.1, 0.15) is 31.0 Å². The molecule has 192 valence electrons. The summed E-state index contributed by atoms with van der Waals surface area (Å²) < 4.78 is 16.4. The summed E-state index contributed by atoms with van der Waals surface area (Å²) in [5.41, 5.74) is 0.592. The fraction of sp³-hybridized carbons (Fsp3) is 0.407. The molecule has 2 aromatic rings. The number of carbonyl (C=O) groups excluding carboxylic acids is 2. The number of nitrogens with zero attached hydrogens (tertiary/aromatic N) is 2. The summed E-state index contributed by atoms with van der Waals surface area (Å²) in [7, 11) is 1.46. The Labute approximate surface area is 210 Å². The first kappa shape index (κ1) is 25.5. The summed E-state index contributed by atoms with van der Waals surface area (Å²) >= 11 is 0. The molecule has 0 saturated carbocycles. The lowest BCUT2D eigenvalue weighted by molar-refractivity contribution is -0.140. The number of Topliss-reactive ketones (excluding diaryl/α,β-unsaturated/α-hetero) is 1. The quantitative estimate of drug-likeness (QED) is 0.326. The lowest BCUT2D eigenvalue weighted by Crippen LogP contribution is -2.42. The van der Waals surface area contributed by atoms with Gasteiger partial charge in [0.2, 0.25) is 0 Å². The summed E-state index contributed by atoms with van der Waals surface area (Å²) in [5.74, 6) is -1.22. The third-order valence-corrected chi connectivity index (χ3v) is 6.31. The molecule has 4 rings (SSSR count). The predicted molar refractivity (Wildman–Crippen MR) is 133 cm³/mol. The number of aliphatic hydroxyl groups excluding tert-OH is 1. The van der Waals surface area contributed by atoms with E-state index in [1.165, 1.54) is 24.1 Å². The van der Waals surface area contributed by atoms with E-state index in [4.69, 9.17) is 14.2 Å². The Bertz CT molecular complexity index is 1150. The molecule has 2 aliphatic heterocycles. The van der Waals surface area contributed by atoms with Crippen LogP contribution >= 0.6 is 0 Å². The first-order valence-corrected chi connectivity index (χ1v) is 12.0. The normalized spacial score (nSPS) is 20.2. The Kier molecular flexibility index (Phi) is 7.81. The number of methoxy groups -OCH3 is 1. The average Bonchev–Trinajstić information content (AvgIpc) is 3.12. The summed E-state index contributed by atoms with van der Waals surface area (Å²) in [6, 6.07) is 10.7. The number of phenols is 1. The van der Waals surface area contributed by atoms with Gasteiger partial charge in [0.05, 0.1) is 43.6 Å². The topological polar surface area (TPSA) is 109 Å². The number of likely N-dealkylation sites (tertiary alicyclic amines) is 1. The minimum Gasteiger partial charge on any atom is -0.507 e. The summed E-state index contributed by atoms with van der Waals surface area (Å²) in [6.45, 7) is 7.39. The number of hydrogen-bond donors (Lipinski definition) is 2. The van der Waals surface area contributed by atoms with Crippen molar-refractivity contribution in [2.24, 2.45) is 0 Å². The summed E-state index contributed by atoms with van der Waals surface area (Å²) in [4.78, 5) is 30.2. The second kappa shape index (κ2) is 11.0. The third-order valence-electron chi connectivity index (χ3n) is 6.31. The van der Waals surface area contributed by atoms with Gasteiger partial charge in [-0.15, -0.1) is 0 Å². The zero-order valence-corrected chi connectivity index (χ0v) is 20.8. The van der Waals surface area contributed by atoms with Crippen LogP contribution in [0.25, 0.3) is 5.76 Å². The fourth-order valence-corrected chi connectivity index (χ4v) is 4.54. The van der Waals surface area contributed by atoms with Gasteiger partial charge in [0.1, 0.15) is 23.0 Å². The molecular formula is C27H32N2O7. The molecule has 2 aliphatic rings. The number of benzene rings is 2. The van der Waals surface area contributed by atoms with Gasteiger partial charge in [-0.25, -0.2) is 0 Å². The Morgan fingerprint density at radius 2 is 1.83 bits per heavy atom. The van der Waals surface area contributed by atoms with Crippen molar-refractivity contribution in [1.29, 1.82) is 0 Å². The van der Waals surface area contributed by atoms with Gasteiger partial charge in [-0.1, -0.05) is 12.1 Å². The number of aromatic hydroxyl groups is 1. The minimum atomic E-state index is -0.844. The SMILES string of the molecule is COc1ccc(C(O)=C2C(=O)C(=O)N(CCN3CCOCC3)C2c2cccc(OC(C)C)c2)c(O)c1. The third kappa shape index (κ3) is 5.32. The Balaban J connectivity index is 1.77. The molecule has 2 saturated heterocycles. The van der Waals surface area contributed by atoms with E-state index in [9.17, 15) is 19.8 Å². The molecule has 9 heteroatoms. The van der Waals surface area contributed by atoms with Crippen LogP contribution in [-0.2, 0) is 14.3 Å². The van der Waals surface area contributed by atoms with E-state index in [1.54, 1.807) is 30.3 Å². The number of morpholine rings is 1. The van der Waals surface area contributed by atoms with E-state index >= 15 is 0 Å². The highest BCUT2D eigenvalue weighted by atomic mass is 16.5. The van der Waals surface area contributed by atoms with Crippen LogP contribution in [0.5, 0.6) is 17.2 Å². The second-order valence-corrected chi connectivity index (χ2v) is 9.07. The molecule has 9 nitrogen and oxygen atoms in total. The van der Waals surface area contributed by atoms with Crippen molar-refractivity contribution >= 4 is 17.4 Å². The number of phenolic OH excluding ortho intramolecular Hbond substituents is 1. The van der Waals surface area contributed by atoms with Crippen LogP contribution in [-0.4, -0.2) is 84.3 Å². The molecule has 1 unspecified atom stereocenters. The van der Waals surface area contributed by atoms with Crippen LogP contribution in [0.15, 0.2) is 48.0 Å². The first-order chi connectivity index (χ1) is 17.3. The molecule has 1 atom stereocenters. The zero-order valence-electron chi connectivity index (χ0n) is 20.8. The number of ether oxygens (including phenoxy) is 3. The monoisotopic (exact) mass is 496 g/mol. The number of ketones is 1. The molecule has 1 amide bonds. The summed E-state index contributed by atoms with van der Waals surface area (Å²) in [6.07, 6.45) is -0.0656. The molecule has 0 bridgehead atoms. The van der Waals surface area contributed by atoms with Gasteiger partial charge in [-0.05, 0) is 43.7 Å². The van der Waals surface area contributed by atoms with Crippen LogP contribution in [0.4, 0.5) is 0 Å². The lowest BCUT2D eigenvalue weighted by atomic mass is 9.94. The standard InChI is InChI=1S/C27H32N2O7/c1-17(2)36-20-6-4-5-18(15-20)24-23(25(31)21-8-7-19(34-3)16-22(21)30)26(32)27(33)29(24)10-9-28-11-13-35-14-12-28/h4-8,15-17,24,30-31H,9-14H2,1-3H3.